The zero-order valence-corrected chi connectivity index (χ0v) is 10.6. The summed E-state index contributed by atoms with van der Waals surface area (Å²) in [7, 11) is 0. The highest BCUT2D eigenvalue weighted by Crippen LogP contribution is 2.31. The van der Waals surface area contributed by atoms with Crippen molar-refractivity contribution in [2.45, 2.75) is 44.2 Å². The van der Waals surface area contributed by atoms with Gasteiger partial charge in [-0.1, -0.05) is 0 Å². The topological polar surface area (TPSA) is 83.7 Å². The highest BCUT2D eigenvalue weighted by atomic mass is 16.2. The number of hydrogen-bond acceptors (Lipinski definition) is 3. The van der Waals surface area contributed by atoms with Crippen molar-refractivity contribution in [2.75, 3.05) is 13.1 Å². The predicted molar refractivity (Wildman–Crippen MR) is 64.3 cm³/mol. The van der Waals surface area contributed by atoms with Gasteiger partial charge in [-0.25, -0.2) is 0 Å². The van der Waals surface area contributed by atoms with Crippen LogP contribution >= 0.6 is 0 Å². The van der Waals surface area contributed by atoms with E-state index in [-0.39, 0.29) is 5.91 Å². The maximum atomic E-state index is 12.5. The van der Waals surface area contributed by atoms with Gasteiger partial charge in [-0.15, -0.1) is 0 Å². The molecule has 2 rings (SSSR count). The quantitative estimate of drug-likeness (QED) is 0.686. The summed E-state index contributed by atoms with van der Waals surface area (Å²) < 4.78 is 0. The Labute approximate surface area is 106 Å². The average Bonchev–Trinajstić information content (AvgIpc) is 2.94. The molecule has 0 aliphatic carbocycles. The Morgan fingerprint density at radius 2 is 2.06 bits per heavy atom. The van der Waals surface area contributed by atoms with Crippen LogP contribution in [0.25, 0.3) is 0 Å². The first-order valence-electron chi connectivity index (χ1n) is 6.33. The summed E-state index contributed by atoms with van der Waals surface area (Å²) in [6, 6.07) is -0.417. The molecule has 2 saturated heterocycles. The van der Waals surface area contributed by atoms with Crippen LogP contribution < -0.4 is 5.73 Å². The third-order valence-electron chi connectivity index (χ3n) is 4.15. The first kappa shape index (κ1) is 12.9. The van der Waals surface area contributed by atoms with Gasteiger partial charge in [-0.05, 0) is 32.6 Å². The minimum absolute atomic E-state index is 0.140. The number of likely N-dealkylation sites (tertiary alicyclic amines) is 2. The standard InChI is InChI=1S/C12H19N3O3/c1-12(11(13)18)5-3-7-15(12)10(17)9-4-2-6-14(9)8-16/h8-9H,2-7H2,1H3,(H2,13,18). The number of amides is 3. The van der Waals surface area contributed by atoms with E-state index in [2.05, 4.69) is 0 Å². The molecule has 6 heteroatoms. The molecule has 2 atom stereocenters. The number of carbonyl (C=O) groups excluding carboxylic acids is 3. The van der Waals surface area contributed by atoms with Crippen molar-refractivity contribution in [1.82, 2.24) is 9.80 Å². The maximum absolute atomic E-state index is 12.5. The highest BCUT2D eigenvalue weighted by molar-refractivity contribution is 5.93. The van der Waals surface area contributed by atoms with E-state index in [0.717, 1.165) is 12.8 Å². The fraction of sp³-hybridized carbons (Fsp3) is 0.750. The fourth-order valence-electron chi connectivity index (χ4n) is 2.93. The van der Waals surface area contributed by atoms with E-state index in [0.29, 0.717) is 32.3 Å². The highest BCUT2D eigenvalue weighted by Gasteiger charge is 2.47. The van der Waals surface area contributed by atoms with Gasteiger partial charge in [0, 0.05) is 13.1 Å². The second-order valence-corrected chi connectivity index (χ2v) is 5.23. The van der Waals surface area contributed by atoms with E-state index >= 15 is 0 Å². The molecule has 0 aromatic carbocycles. The Hall–Kier alpha value is -1.59. The minimum Gasteiger partial charge on any atom is -0.368 e. The molecule has 0 radical (unpaired) electrons. The third kappa shape index (κ3) is 1.85. The van der Waals surface area contributed by atoms with Crippen molar-refractivity contribution in [3.63, 3.8) is 0 Å². The molecule has 2 N–H and O–H groups in total. The van der Waals surface area contributed by atoms with Gasteiger partial charge in [0.05, 0.1) is 0 Å². The lowest BCUT2D eigenvalue weighted by atomic mass is 9.97. The SMILES string of the molecule is CC1(C(N)=O)CCCN1C(=O)C1CCCN1C=O. The summed E-state index contributed by atoms with van der Waals surface area (Å²) in [4.78, 5) is 38.0. The second kappa shape index (κ2) is 4.59. The Morgan fingerprint density at radius 3 is 2.67 bits per heavy atom. The summed E-state index contributed by atoms with van der Waals surface area (Å²) in [5.74, 6) is -0.609. The molecule has 0 aromatic heterocycles. The molecule has 2 heterocycles. The van der Waals surface area contributed by atoms with Crippen molar-refractivity contribution in [3.8, 4) is 0 Å². The first-order chi connectivity index (χ1) is 8.50. The van der Waals surface area contributed by atoms with Crippen LogP contribution in [0.1, 0.15) is 32.6 Å². The van der Waals surface area contributed by atoms with Crippen LogP contribution in [0.4, 0.5) is 0 Å². The summed E-state index contributed by atoms with van der Waals surface area (Å²) in [6.07, 6.45) is 3.59. The molecule has 0 bridgehead atoms. The van der Waals surface area contributed by atoms with Crippen molar-refractivity contribution in [1.29, 1.82) is 0 Å². The Kier molecular flexibility index (Phi) is 3.28. The Morgan fingerprint density at radius 1 is 1.33 bits per heavy atom. The summed E-state index contributed by atoms with van der Waals surface area (Å²) in [6.45, 7) is 2.86. The van der Waals surface area contributed by atoms with E-state index in [1.54, 1.807) is 11.8 Å². The van der Waals surface area contributed by atoms with Crippen LogP contribution in [0.2, 0.25) is 0 Å². The molecule has 0 aromatic rings. The monoisotopic (exact) mass is 253 g/mol. The lowest BCUT2D eigenvalue weighted by molar-refractivity contribution is -0.147. The van der Waals surface area contributed by atoms with Gasteiger partial charge in [0.15, 0.2) is 0 Å². The van der Waals surface area contributed by atoms with Gasteiger partial charge < -0.3 is 15.5 Å². The summed E-state index contributed by atoms with van der Waals surface area (Å²) in [5, 5.41) is 0. The smallest absolute Gasteiger partial charge is 0.246 e. The molecular formula is C12H19N3O3. The molecule has 2 unspecified atom stereocenters. The second-order valence-electron chi connectivity index (χ2n) is 5.23. The van der Waals surface area contributed by atoms with Crippen molar-refractivity contribution in [2.24, 2.45) is 5.73 Å². The number of hydrogen-bond donors (Lipinski definition) is 1. The molecular weight excluding hydrogens is 234 g/mol. The Bertz CT molecular complexity index is 385. The molecule has 100 valence electrons. The summed E-state index contributed by atoms with van der Waals surface area (Å²) >= 11 is 0. The van der Waals surface area contributed by atoms with Gasteiger partial charge in [0.25, 0.3) is 0 Å². The lowest BCUT2D eigenvalue weighted by Crippen LogP contribution is -2.57. The molecule has 3 amide bonds. The summed E-state index contributed by atoms with van der Waals surface area (Å²) in [5.41, 5.74) is 4.52. The van der Waals surface area contributed by atoms with Crippen LogP contribution in [0, 0.1) is 0 Å². The lowest BCUT2D eigenvalue weighted by Gasteiger charge is -2.35. The van der Waals surface area contributed by atoms with E-state index < -0.39 is 17.5 Å². The van der Waals surface area contributed by atoms with Crippen LogP contribution in [0.3, 0.4) is 0 Å². The number of nitrogens with two attached hydrogens (primary N) is 1. The van der Waals surface area contributed by atoms with Gasteiger partial charge in [-0.2, -0.15) is 0 Å². The first-order valence-corrected chi connectivity index (χ1v) is 6.33. The van der Waals surface area contributed by atoms with Gasteiger partial charge in [0.2, 0.25) is 18.2 Å². The molecule has 2 aliphatic rings. The van der Waals surface area contributed by atoms with E-state index in [4.69, 9.17) is 5.73 Å². The molecule has 0 spiro atoms. The molecule has 0 saturated carbocycles. The van der Waals surface area contributed by atoms with Crippen molar-refractivity contribution >= 4 is 18.2 Å². The predicted octanol–water partition coefficient (Wildman–Crippen LogP) is -0.526. The third-order valence-corrected chi connectivity index (χ3v) is 4.15. The number of rotatable bonds is 3. The van der Waals surface area contributed by atoms with Crippen LogP contribution in [-0.2, 0) is 14.4 Å². The number of carbonyl (C=O) groups is 3. The minimum atomic E-state index is -0.895. The fourth-order valence-corrected chi connectivity index (χ4v) is 2.93. The van der Waals surface area contributed by atoms with Crippen molar-refractivity contribution < 1.29 is 14.4 Å². The normalized spacial score (nSPS) is 31.7. The molecule has 2 aliphatic heterocycles. The largest absolute Gasteiger partial charge is 0.368 e. The Balaban J connectivity index is 2.18. The zero-order valence-electron chi connectivity index (χ0n) is 10.6. The van der Waals surface area contributed by atoms with Gasteiger partial charge >= 0.3 is 0 Å². The molecule has 2 fully saturated rings. The van der Waals surface area contributed by atoms with Crippen LogP contribution in [0.15, 0.2) is 0 Å². The van der Waals surface area contributed by atoms with E-state index in [9.17, 15) is 14.4 Å². The van der Waals surface area contributed by atoms with Crippen molar-refractivity contribution in [3.05, 3.63) is 0 Å². The van der Waals surface area contributed by atoms with Gasteiger partial charge in [-0.3, -0.25) is 14.4 Å². The number of primary amides is 1. The molecule has 6 nitrogen and oxygen atoms in total. The zero-order chi connectivity index (χ0) is 13.3. The van der Waals surface area contributed by atoms with E-state index in [1.165, 1.54) is 4.90 Å². The van der Waals surface area contributed by atoms with Crippen LogP contribution in [0.5, 0.6) is 0 Å². The average molecular weight is 253 g/mol. The number of nitrogens with zero attached hydrogens (tertiary/aromatic N) is 2. The van der Waals surface area contributed by atoms with Gasteiger partial charge in [0.1, 0.15) is 11.6 Å². The maximum Gasteiger partial charge on any atom is 0.246 e. The molecule has 18 heavy (non-hydrogen) atoms. The van der Waals surface area contributed by atoms with E-state index in [1.807, 2.05) is 0 Å². The van der Waals surface area contributed by atoms with Crippen LogP contribution in [-0.4, -0.2) is 52.7 Å².